The molecule has 2 aliphatic carbocycles. The predicted octanol–water partition coefficient (Wildman–Crippen LogP) is 6.73. The molecule has 2 saturated carbocycles. The molecule has 0 amide bonds. The van der Waals surface area contributed by atoms with Crippen molar-refractivity contribution in [2.75, 3.05) is 10.6 Å². The van der Waals surface area contributed by atoms with E-state index in [1.807, 2.05) is 36.4 Å². The summed E-state index contributed by atoms with van der Waals surface area (Å²) in [5, 5.41) is 28.5. The number of nitrogens with zero attached hydrogens (tertiary/aromatic N) is 6. The van der Waals surface area contributed by atoms with Gasteiger partial charge >= 0.3 is 0 Å². The maximum atomic E-state index is 12.9. The average Bonchev–Trinajstić information content (AvgIpc) is 3.18. The van der Waals surface area contributed by atoms with E-state index in [2.05, 4.69) is 30.6 Å². The van der Waals surface area contributed by atoms with Gasteiger partial charge in [-0.2, -0.15) is 9.97 Å². The maximum absolute atomic E-state index is 12.9. The molecule has 4 heterocycles. The van der Waals surface area contributed by atoms with E-state index in [9.17, 15) is 19.8 Å². The van der Waals surface area contributed by atoms with Crippen LogP contribution >= 0.6 is 23.2 Å². The number of fused-ring (bicyclic) bond motifs is 2. The lowest BCUT2D eigenvalue weighted by atomic mass is 9.93. The minimum Gasteiger partial charge on any atom is -0.393 e. The molecule has 12 nitrogen and oxygen atoms in total. The van der Waals surface area contributed by atoms with E-state index in [1.165, 1.54) is 9.13 Å². The Hall–Kier alpha value is -4.88. The van der Waals surface area contributed by atoms with Gasteiger partial charge in [0.1, 0.15) is 11.3 Å². The van der Waals surface area contributed by atoms with Crippen LogP contribution in [-0.4, -0.2) is 63.6 Å². The van der Waals surface area contributed by atoms with Crippen molar-refractivity contribution in [2.45, 2.75) is 75.7 Å². The summed E-state index contributed by atoms with van der Waals surface area (Å²) in [6.45, 7) is 0. The summed E-state index contributed by atoms with van der Waals surface area (Å²) < 4.78 is 3.07. The smallest absolute Gasteiger partial charge is 0.259 e. The van der Waals surface area contributed by atoms with Crippen LogP contribution < -0.4 is 21.8 Å². The molecule has 54 heavy (non-hydrogen) atoms. The normalized spacial score (nSPS) is 20.0. The topological polar surface area (TPSA) is 160 Å². The van der Waals surface area contributed by atoms with E-state index in [1.54, 1.807) is 50.8 Å². The third-order valence-electron chi connectivity index (χ3n) is 10.3. The minimum absolute atomic E-state index is 0.152. The summed E-state index contributed by atoms with van der Waals surface area (Å²) in [5.74, 6) is 1.01. The van der Waals surface area contributed by atoms with Crippen LogP contribution in [0.15, 0.2) is 82.6 Å². The molecule has 0 saturated heterocycles. The van der Waals surface area contributed by atoms with Gasteiger partial charge in [0.25, 0.3) is 11.1 Å². The molecule has 2 aromatic carbocycles. The molecule has 0 atom stereocenters. The Bertz CT molecular complexity index is 2250. The van der Waals surface area contributed by atoms with Gasteiger partial charge in [0.05, 0.1) is 12.2 Å². The fraction of sp³-hybridized carbons (Fsp3) is 0.350. The molecule has 8 rings (SSSR count). The van der Waals surface area contributed by atoms with Crippen molar-refractivity contribution in [3.05, 3.63) is 104 Å². The molecule has 280 valence electrons. The largest absolute Gasteiger partial charge is 0.393 e. The number of nitrogens with one attached hydrogen (secondary N) is 2. The molecule has 2 fully saturated rings. The molecule has 0 radical (unpaired) electrons. The lowest BCUT2D eigenvalue weighted by Crippen LogP contribution is -2.29. The molecule has 14 heteroatoms. The second-order valence-electron chi connectivity index (χ2n) is 14.0. The SMILES string of the molecule is Cn1c(=O)c(-c2ccccc2Cl)cc2cnc(NC3CCC(O)CC3)nc21.Cn1c(=O)c(-c2ccccc2Cl)cc2cnc(NC3CCC(O)CC3)nc21. The quantitative estimate of drug-likeness (QED) is 0.143. The van der Waals surface area contributed by atoms with Gasteiger partial charge in [0.2, 0.25) is 11.9 Å². The van der Waals surface area contributed by atoms with Gasteiger partial charge in [-0.25, -0.2) is 9.97 Å². The van der Waals surface area contributed by atoms with E-state index in [0.29, 0.717) is 55.5 Å². The number of pyridine rings is 2. The van der Waals surface area contributed by atoms with Crippen LogP contribution in [0.5, 0.6) is 0 Å². The van der Waals surface area contributed by atoms with E-state index < -0.39 is 0 Å². The first-order chi connectivity index (χ1) is 26.0. The third-order valence-corrected chi connectivity index (χ3v) is 10.9. The van der Waals surface area contributed by atoms with Crippen LogP contribution in [-0.2, 0) is 14.1 Å². The van der Waals surface area contributed by atoms with Gasteiger partial charge in [-0.1, -0.05) is 59.6 Å². The first-order valence-corrected chi connectivity index (χ1v) is 18.9. The Morgan fingerprint density at radius 1 is 0.593 bits per heavy atom. The molecule has 0 bridgehead atoms. The molecule has 0 spiro atoms. The Morgan fingerprint density at radius 3 is 1.33 bits per heavy atom. The van der Waals surface area contributed by atoms with Crippen molar-refractivity contribution < 1.29 is 10.2 Å². The van der Waals surface area contributed by atoms with Crippen LogP contribution in [0.4, 0.5) is 11.9 Å². The van der Waals surface area contributed by atoms with E-state index in [4.69, 9.17) is 23.2 Å². The molecule has 4 N–H and O–H groups in total. The predicted molar refractivity (Wildman–Crippen MR) is 214 cm³/mol. The minimum atomic E-state index is -0.204. The molecule has 2 aliphatic rings. The monoisotopic (exact) mass is 768 g/mol. The van der Waals surface area contributed by atoms with Crippen molar-refractivity contribution in [3.63, 3.8) is 0 Å². The fourth-order valence-corrected chi connectivity index (χ4v) is 7.66. The zero-order chi connectivity index (χ0) is 37.9. The molecular formula is C40H42Cl2N8O4. The van der Waals surface area contributed by atoms with Gasteiger partial charge in [-0.05, 0) is 75.6 Å². The standard InChI is InChI=1S/2C20H21ClN4O2/c2*1-25-18-12(10-16(19(25)27)15-4-2-3-5-17(15)21)11-22-20(24-18)23-13-6-8-14(26)9-7-13/h2*2-5,10-11,13-14,26H,6-9H2,1H3,(H,22,23,24). The number of anilines is 2. The third kappa shape index (κ3) is 8.12. The number of aliphatic hydroxyl groups is 2. The summed E-state index contributed by atoms with van der Waals surface area (Å²) in [7, 11) is 3.41. The summed E-state index contributed by atoms with van der Waals surface area (Å²) in [4.78, 5) is 43.7. The van der Waals surface area contributed by atoms with Gasteiger partial charge in [-0.3, -0.25) is 18.7 Å². The van der Waals surface area contributed by atoms with Gasteiger partial charge in [0.15, 0.2) is 0 Å². The summed E-state index contributed by atoms with van der Waals surface area (Å²) in [6.07, 6.45) is 9.70. The number of halogens is 2. The van der Waals surface area contributed by atoms with Gasteiger partial charge in [0, 0.05) is 81.6 Å². The van der Waals surface area contributed by atoms with Crippen LogP contribution in [0.25, 0.3) is 44.3 Å². The number of rotatable bonds is 6. The molecule has 6 aromatic rings. The van der Waals surface area contributed by atoms with Crippen molar-refractivity contribution in [1.82, 2.24) is 29.1 Å². The number of benzene rings is 2. The second kappa shape index (κ2) is 16.2. The van der Waals surface area contributed by atoms with Crippen LogP contribution in [0.3, 0.4) is 0 Å². The summed E-state index contributed by atoms with van der Waals surface area (Å²) >= 11 is 12.5. The Morgan fingerprint density at radius 2 is 0.963 bits per heavy atom. The highest BCUT2D eigenvalue weighted by molar-refractivity contribution is 6.33. The Labute approximate surface area is 321 Å². The number of hydrogen-bond donors (Lipinski definition) is 4. The molecule has 0 unspecified atom stereocenters. The van der Waals surface area contributed by atoms with Crippen LogP contribution in [0.1, 0.15) is 51.4 Å². The van der Waals surface area contributed by atoms with Crippen LogP contribution in [0.2, 0.25) is 10.0 Å². The molecule has 4 aromatic heterocycles. The highest BCUT2D eigenvalue weighted by Gasteiger charge is 2.22. The fourth-order valence-electron chi connectivity index (χ4n) is 7.18. The molecular weight excluding hydrogens is 727 g/mol. The maximum Gasteiger partial charge on any atom is 0.259 e. The van der Waals surface area contributed by atoms with Gasteiger partial charge in [-0.15, -0.1) is 0 Å². The second-order valence-corrected chi connectivity index (χ2v) is 14.9. The highest BCUT2D eigenvalue weighted by Crippen LogP contribution is 2.29. The summed E-state index contributed by atoms with van der Waals surface area (Å²) in [6, 6.07) is 18.7. The van der Waals surface area contributed by atoms with Crippen molar-refractivity contribution >= 4 is 57.2 Å². The number of aryl methyl sites for hydroxylation is 2. The van der Waals surface area contributed by atoms with Crippen LogP contribution in [0, 0.1) is 0 Å². The van der Waals surface area contributed by atoms with E-state index in [-0.39, 0.29) is 35.4 Å². The van der Waals surface area contributed by atoms with E-state index in [0.717, 1.165) is 62.1 Å². The van der Waals surface area contributed by atoms with E-state index >= 15 is 0 Å². The number of aliphatic hydroxyl groups excluding tert-OH is 2. The average molecular weight is 770 g/mol. The van der Waals surface area contributed by atoms with Crippen molar-refractivity contribution in [2.24, 2.45) is 14.1 Å². The summed E-state index contributed by atoms with van der Waals surface area (Å²) in [5.41, 5.74) is 3.30. The zero-order valence-electron chi connectivity index (χ0n) is 30.0. The molecule has 0 aliphatic heterocycles. The first kappa shape index (κ1) is 37.4. The Balaban J connectivity index is 0.000000167. The highest BCUT2D eigenvalue weighted by atomic mass is 35.5. The lowest BCUT2D eigenvalue weighted by molar-refractivity contribution is 0.125. The first-order valence-electron chi connectivity index (χ1n) is 18.2. The van der Waals surface area contributed by atoms with Crippen molar-refractivity contribution in [3.8, 4) is 22.3 Å². The zero-order valence-corrected chi connectivity index (χ0v) is 31.6. The number of hydrogen-bond acceptors (Lipinski definition) is 10. The number of aromatic nitrogens is 6. The lowest BCUT2D eigenvalue weighted by Gasteiger charge is -2.26. The van der Waals surface area contributed by atoms with Crippen molar-refractivity contribution in [1.29, 1.82) is 0 Å². The Kier molecular flexibility index (Phi) is 11.3. The van der Waals surface area contributed by atoms with Gasteiger partial charge < -0.3 is 20.8 Å².